The van der Waals surface area contributed by atoms with Gasteiger partial charge in [-0.05, 0) is 24.7 Å². The summed E-state index contributed by atoms with van der Waals surface area (Å²) in [6.45, 7) is 0.687. The molecule has 2 aromatic rings. The van der Waals surface area contributed by atoms with Gasteiger partial charge in [0.15, 0.2) is 5.58 Å². The summed E-state index contributed by atoms with van der Waals surface area (Å²) in [4.78, 5) is 24.7. The summed E-state index contributed by atoms with van der Waals surface area (Å²) < 4.78 is 4.93. The van der Waals surface area contributed by atoms with Crippen LogP contribution in [0.25, 0.3) is 11.1 Å². The molecule has 0 unspecified atom stereocenters. The van der Waals surface area contributed by atoms with Gasteiger partial charge >= 0.3 is 5.76 Å². The molecule has 0 atom stereocenters. The Morgan fingerprint density at radius 2 is 2.29 bits per heavy atom. The Labute approximate surface area is 97.0 Å². The molecule has 17 heavy (non-hydrogen) atoms. The minimum absolute atomic E-state index is 0.0804. The minimum Gasteiger partial charge on any atom is -0.408 e. The number of amides is 1. The third-order valence-corrected chi connectivity index (χ3v) is 2.31. The Hall–Kier alpha value is -2.08. The maximum atomic E-state index is 11.2. The summed E-state index contributed by atoms with van der Waals surface area (Å²) in [6, 6.07) is 5.31. The van der Waals surface area contributed by atoms with Crippen molar-refractivity contribution in [2.75, 3.05) is 13.6 Å². The van der Waals surface area contributed by atoms with Crippen molar-refractivity contribution in [3.8, 4) is 0 Å². The van der Waals surface area contributed by atoms with Crippen molar-refractivity contribution in [3.05, 3.63) is 34.3 Å². The van der Waals surface area contributed by atoms with Crippen LogP contribution in [0, 0.1) is 0 Å². The van der Waals surface area contributed by atoms with E-state index in [0.29, 0.717) is 17.6 Å². The SMILES string of the molecule is CNCC(=O)NCc1ccc2[nH]c(=O)oc2c1. The van der Waals surface area contributed by atoms with Gasteiger partial charge in [-0.3, -0.25) is 9.78 Å². The van der Waals surface area contributed by atoms with E-state index in [1.807, 2.05) is 6.07 Å². The molecule has 6 nitrogen and oxygen atoms in total. The van der Waals surface area contributed by atoms with Crippen LogP contribution in [0.3, 0.4) is 0 Å². The smallest absolute Gasteiger partial charge is 0.408 e. The molecule has 1 amide bonds. The molecular formula is C11H13N3O3. The number of benzene rings is 1. The van der Waals surface area contributed by atoms with E-state index in [9.17, 15) is 9.59 Å². The molecule has 0 aliphatic rings. The lowest BCUT2D eigenvalue weighted by Gasteiger charge is -2.04. The fourth-order valence-corrected chi connectivity index (χ4v) is 1.52. The van der Waals surface area contributed by atoms with E-state index in [2.05, 4.69) is 15.6 Å². The normalized spacial score (nSPS) is 10.6. The van der Waals surface area contributed by atoms with E-state index < -0.39 is 5.76 Å². The number of hydrogen-bond donors (Lipinski definition) is 3. The second-order valence-electron chi connectivity index (χ2n) is 3.65. The van der Waals surface area contributed by atoms with E-state index in [0.717, 1.165) is 5.56 Å². The van der Waals surface area contributed by atoms with Gasteiger partial charge in [0.05, 0.1) is 12.1 Å². The first-order valence-corrected chi connectivity index (χ1v) is 5.22. The van der Waals surface area contributed by atoms with Gasteiger partial charge in [0.25, 0.3) is 0 Å². The number of oxazole rings is 1. The van der Waals surface area contributed by atoms with Crippen molar-refractivity contribution in [1.82, 2.24) is 15.6 Å². The molecule has 0 spiro atoms. The Balaban J connectivity index is 2.08. The van der Waals surface area contributed by atoms with Crippen LogP contribution in [0.1, 0.15) is 5.56 Å². The van der Waals surface area contributed by atoms with Gasteiger partial charge in [-0.25, -0.2) is 4.79 Å². The van der Waals surface area contributed by atoms with Gasteiger partial charge in [-0.2, -0.15) is 0 Å². The minimum atomic E-state index is -0.476. The highest BCUT2D eigenvalue weighted by atomic mass is 16.4. The van der Waals surface area contributed by atoms with Gasteiger partial charge < -0.3 is 15.1 Å². The van der Waals surface area contributed by atoms with E-state index in [-0.39, 0.29) is 12.5 Å². The fourth-order valence-electron chi connectivity index (χ4n) is 1.52. The molecule has 0 aliphatic heterocycles. The summed E-state index contributed by atoms with van der Waals surface area (Å²) in [5.41, 5.74) is 2.03. The van der Waals surface area contributed by atoms with E-state index in [1.165, 1.54) is 0 Å². The van der Waals surface area contributed by atoms with Crippen LogP contribution < -0.4 is 16.4 Å². The van der Waals surface area contributed by atoms with Crippen LogP contribution in [0.4, 0.5) is 0 Å². The van der Waals surface area contributed by atoms with Crippen LogP contribution in [0.15, 0.2) is 27.4 Å². The van der Waals surface area contributed by atoms with Crippen molar-refractivity contribution in [2.45, 2.75) is 6.54 Å². The highest BCUT2D eigenvalue weighted by molar-refractivity contribution is 5.78. The maximum Gasteiger partial charge on any atom is 0.417 e. The molecule has 1 aromatic heterocycles. The quantitative estimate of drug-likeness (QED) is 0.693. The molecule has 2 rings (SSSR count). The fraction of sp³-hybridized carbons (Fsp3) is 0.273. The summed E-state index contributed by atoms with van der Waals surface area (Å²) in [5.74, 6) is -0.556. The number of H-pyrrole nitrogens is 1. The van der Waals surface area contributed by atoms with Crippen LogP contribution in [-0.4, -0.2) is 24.5 Å². The number of carbonyl (C=O) groups excluding carboxylic acids is 1. The number of fused-ring (bicyclic) bond motifs is 1. The maximum absolute atomic E-state index is 11.2. The first kappa shape index (κ1) is 11.4. The van der Waals surface area contributed by atoms with Crippen molar-refractivity contribution < 1.29 is 9.21 Å². The van der Waals surface area contributed by atoms with Gasteiger partial charge in [-0.1, -0.05) is 6.07 Å². The third-order valence-electron chi connectivity index (χ3n) is 2.31. The third kappa shape index (κ3) is 2.73. The van der Waals surface area contributed by atoms with E-state index >= 15 is 0 Å². The predicted molar refractivity (Wildman–Crippen MR) is 62.6 cm³/mol. The molecule has 0 bridgehead atoms. The van der Waals surface area contributed by atoms with E-state index in [1.54, 1.807) is 19.2 Å². The van der Waals surface area contributed by atoms with Crippen LogP contribution >= 0.6 is 0 Å². The van der Waals surface area contributed by atoms with Crippen molar-refractivity contribution in [2.24, 2.45) is 0 Å². The first-order chi connectivity index (χ1) is 8.19. The summed E-state index contributed by atoms with van der Waals surface area (Å²) in [7, 11) is 1.71. The number of rotatable bonds is 4. The molecule has 0 saturated heterocycles. The van der Waals surface area contributed by atoms with Crippen LogP contribution in [-0.2, 0) is 11.3 Å². The summed E-state index contributed by atoms with van der Waals surface area (Å²) in [5, 5.41) is 5.50. The Bertz CT molecular complexity index is 585. The monoisotopic (exact) mass is 235 g/mol. The molecule has 0 aliphatic carbocycles. The summed E-state index contributed by atoms with van der Waals surface area (Å²) >= 11 is 0. The number of hydrogen-bond acceptors (Lipinski definition) is 4. The van der Waals surface area contributed by atoms with Crippen molar-refractivity contribution >= 4 is 17.0 Å². The Morgan fingerprint density at radius 1 is 1.47 bits per heavy atom. The van der Waals surface area contributed by atoms with Crippen molar-refractivity contribution in [3.63, 3.8) is 0 Å². The molecular weight excluding hydrogens is 222 g/mol. The zero-order valence-electron chi connectivity index (χ0n) is 9.37. The molecule has 0 fully saturated rings. The lowest BCUT2D eigenvalue weighted by atomic mass is 10.2. The molecule has 90 valence electrons. The molecule has 1 heterocycles. The number of likely N-dealkylation sites (N-methyl/N-ethyl adjacent to an activating group) is 1. The Morgan fingerprint density at radius 3 is 3.06 bits per heavy atom. The topological polar surface area (TPSA) is 87.1 Å². The second kappa shape index (κ2) is 4.84. The van der Waals surface area contributed by atoms with E-state index in [4.69, 9.17) is 4.42 Å². The highest BCUT2D eigenvalue weighted by Crippen LogP contribution is 2.11. The van der Waals surface area contributed by atoms with Gasteiger partial charge in [0.2, 0.25) is 5.91 Å². The second-order valence-corrected chi connectivity index (χ2v) is 3.65. The lowest BCUT2D eigenvalue weighted by molar-refractivity contribution is -0.120. The van der Waals surface area contributed by atoms with Crippen molar-refractivity contribution in [1.29, 1.82) is 0 Å². The average Bonchev–Trinajstić information content (AvgIpc) is 2.66. The molecule has 0 saturated carbocycles. The largest absolute Gasteiger partial charge is 0.417 e. The number of carbonyl (C=O) groups is 1. The zero-order valence-corrected chi connectivity index (χ0v) is 9.37. The molecule has 3 N–H and O–H groups in total. The molecule has 6 heteroatoms. The first-order valence-electron chi connectivity index (χ1n) is 5.22. The highest BCUT2D eigenvalue weighted by Gasteiger charge is 2.03. The Kier molecular flexibility index (Phi) is 3.24. The molecule has 0 radical (unpaired) electrons. The predicted octanol–water partition coefficient (Wildman–Crippen LogP) is -0.0433. The van der Waals surface area contributed by atoms with Crippen LogP contribution in [0.5, 0.6) is 0 Å². The standard InChI is InChI=1S/C11H13N3O3/c1-12-6-10(15)13-5-7-2-3-8-9(4-7)17-11(16)14-8/h2-4,12H,5-6H2,1H3,(H,13,15)(H,14,16). The van der Waals surface area contributed by atoms with Crippen LogP contribution in [0.2, 0.25) is 0 Å². The molecule has 1 aromatic carbocycles. The summed E-state index contributed by atoms with van der Waals surface area (Å²) in [6.07, 6.45) is 0. The average molecular weight is 235 g/mol. The lowest BCUT2D eigenvalue weighted by Crippen LogP contribution is -2.31. The van der Waals surface area contributed by atoms with Gasteiger partial charge in [0, 0.05) is 6.54 Å². The number of aromatic amines is 1. The zero-order chi connectivity index (χ0) is 12.3. The number of aromatic nitrogens is 1. The number of nitrogens with one attached hydrogen (secondary N) is 3. The van der Waals surface area contributed by atoms with Gasteiger partial charge in [-0.15, -0.1) is 0 Å². The van der Waals surface area contributed by atoms with Gasteiger partial charge in [0.1, 0.15) is 0 Å².